The van der Waals surface area contributed by atoms with Crippen LogP contribution >= 0.6 is 0 Å². The Kier molecular flexibility index (Phi) is 4.19. The molecular formula is C11H13. The molecule has 0 aromatic rings. The van der Waals surface area contributed by atoms with Gasteiger partial charge < -0.3 is 0 Å². The smallest absolute Gasteiger partial charge is 0.0310 e. The second kappa shape index (κ2) is 5.72. The van der Waals surface area contributed by atoms with Crippen molar-refractivity contribution in [2.75, 3.05) is 0 Å². The average Bonchev–Trinajstić information content (AvgIpc) is 2.08. The summed E-state index contributed by atoms with van der Waals surface area (Å²) >= 11 is 0. The Morgan fingerprint density at radius 2 is 1.00 bits per heavy atom. The van der Waals surface area contributed by atoms with Gasteiger partial charge in [-0.15, -0.1) is 0 Å². The molecule has 0 N–H and O–H groups in total. The molecule has 0 aliphatic heterocycles. The van der Waals surface area contributed by atoms with Gasteiger partial charge in [0.2, 0.25) is 0 Å². The molecule has 1 aliphatic carbocycles. The lowest BCUT2D eigenvalue weighted by atomic mass is 10.2. The van der Waals surface area contributed by atoms with Crippen LogP contribution in [-0.4, -0.2) is 0 Å². The fourth-order valence-electron chi connectivity index (χ4n) is 0.860. The first kappa shape index (κ1) is 8.06. The molecule has 57 valence electrons. The summed E-state index contributed by atoms with van der Waals surface area (Å²) in [7, 11) is 0. The van der Waals surface area contributed by atoms with Gasteiger partial charge in [-0.2, -0.15) is 0 Å². The van der Waals surface area contributed by atoms with E-state index in [1.807, 2.05) is 24.3 Å². The Morgan fingerprint density at radius 1 is 0.545 bits per heavy atom. The van der Waals surface area contributed by atoms with Crippen LogP contribution in [0.15, 0.2) is 48.6 Å². The second-order valence-electron chi connectivity index (χ2n) is 2.39. The Labute approximate surface area is 68.6 Å². The van der Waals surface area contributed by atoms with Crippen LogP contribution in [0.5, 0.6) is 0 Å². The zero-order valence-corrected chi connectivity index (χ0v) is 6.61. The number of hydrogen-bond acceptors (Lipinski definition) is 0. The molecule has 1 radical (unpaired) electrons. The summed E-state index contributed by atoms with van der Waals surface area (Å²) < 4.78 is 0. The molecular weight excluding hydrogens is 132 g/mol. The van der Waals surface area contributed by atoms with Crippen LogP contribution in [0, 0.1) is 6.42 Å². The van der Waals surface area contributed by atoms with Crippen LogP contribution in [0.2, 0.25) is 0 Å². The van der Waals surface area contributed by atoms with Gasteiger partial charge in [0.1, 0.15) is 0 Å². The van der Waals surface area contributed by atoms with Crippen LogP contribution in [0.1, 0.15) is 12.8 Å². The molecule has 1 rings (SSSR count). The molecule has 0 aromatic heterocycles. The van der Waals surface area contributed by atoms with Gasteiger partial charge in [-0.05, 0) is 19.3 Å². The first-order valence-electron chi connectivity index (χ1n) is 3.97. The lowest BCUT2D eigenvalue weighted by molar-refractivity contribution is 1.10. The summed E-state index contributed by atoms with van der Waals surface area (Å²) in [5, 5.41) is 0. The third kappa shape index (κ3) is 4.38. The summed E-state index contributed by atoms with van der Waals surface area (Å²) in [6, 6.07) is 0. The normalized spacial score (nSPS) is 29.8. The topological polar surface area (TPSA) is 0 Å². The quantitative estimate of drug-likeness (QED) is 0.491. The van der Waals surface area contributed by atoms with E-state index in [1.54, 1.807) is 0 Å². The zero-order chi connectivity index (χ0) is 7.78. The van der Waals surface area contributed by atoms with Gasteiger partial charge in [0, 0.05) is 0 Å². The third-order valence-corrected chi connectivity index (χ3v) is 1.43. The minimum absolute atomic E-state index is 1.06. The molecule has 1 aliphatic rings. The fraction of sp³-hybridized carbons (Fsp3) is 0.182. The molecule has 0 fully saturated rings. The molecule has 0 heterocycles. The number of hydrogen-bond donors (Lipinski definition) is 0. The lowest BCUT2D eigenvalue weighted by Gasteiger charge is -1.86. The van der Waals surface area contributed by atoms with Crippen molar-refractivity contribution in [3.8, 4) is 0 Å². The van der Waals surface area contributed by atoms with E-state index in [0.29, 0.717) is 0 Å². The van der Waals surface area contributed by atoms with E-state index in [2.05, 4.69) is 30.7 Å². The van der Waals surface area contributed by atoms with E-state index >= 15 is 0 Å². The lowest BCUT2D eigenvalue weighted by Crippen LogP contribution is -1.68. The molecule has 0 saturated carbocycles. The highest BCUT2D eigenvalue weighted by molar-refractivity contribution is 5.16. The third-order valence-electron chi connectivity index (χ3n) is 1.43. The van der Waals surface area contributed by atoms with Crippen molar-refractivity contribution in [2.24, 2.45) is 0 Å². The maximum Gasteiger partial charge on any atom is -0.0310 e. The molecule has 0 unspecified atom stereocenters. The molecule has 0 spiro atoms. The van der Waals surface area contributed by atoms with Gasteiger partial charge in [-0.25, -0.2) is 0 Å². The van der Waals surface area contributed by atoms with Gasteiger partial charge in [0.25, 0.3) is 0 Å². The largest absolute Gasteiger partial charge is 0.0842 e. The molecule has 0 nitrogen and oxygen atoms in total. The van der Waals surface area contributed by atoms with Crippen molar-refractivity contribution >= 4 is 0 Å². The van der Waals surface area contributed by atoms with E-state index < -0.39 is 0 Å². The maximum absolute atomic E-state index is 2.25. The van der Waals surface area contributed by atoms with Crippen LogP contribution in [0.4, 0.5) is 0 Å². The highest BCUT2D eigenvalue weighted by atomic mass is 13.9. The molecule has 11 heavy (non-hydrogen) atoms. The van der Waals surface area contributed by atoms with Gasteiger partial charge in [0.05, 0.1) is 0 Å². The highest BCUT2D eigenvalue weighted by Crippen LogP contribution is 1.98. The van der Waals surface area contributed by atoms with E-state index in [9.17, 15) is 0 Å². The summed E-state index contributed by atoms with van der Waals surface area (Å²) in [6.07, 6.45) is 21.0. The number of allylic oxidation sites excluding steroid dienone is 8. The molecule has 0 heteroatoms. The van der Waals surface area contributed by atoms with Crippen molar-refractivity contribution in [1.29, 1.82) is 0 Å². The predicted octanol–water partition coefficient (Wildman–Crippen LogP) is 3.21. The van der Waals surface area contributed by atoms with E-state index in [4.69, 9.17) is 0 Å². The monoisotopic (exact) mass is 145 g/mol. The van der Waals surface area contributed by atoms with E-state index in [-0.39, 0.29) is 0 Å². The van der Waals surface area contributed by atoms with Crippen molar-refractivity contribution in [2.45, 2.75) is 12.8 Å². The van der Waals surface area contributed by atoms with Crippen LogP contribution in [0.3, 0.4) is 0 Å². The molecule has 0 atom stereocenters. The number of rotatable bonds is 0. The maximum atomic E-state index is 2.25. The second-order valence-corrected chi connectivity index (χ2v) is 2.39. The minimum Gasteiger partial charge on any atom is -0.0842 e. The van der Waals surface area contributed by atoms with E-state index in [0.717, 1.165) is 12.8 Å². The highest BCUT2D eigenvalue weighted by Gasteiger charge is 1.79. The minimum atomic E-state index is 1.06. The molecule has 0 saturated heterocycles. The van der Waals surface area contributed by atoms with Crippen molar-refractivity contribution in [1.82, 2.24) is 0 Å². The molecule has 0 aromatic carbocycles. The van der Waals surface area contributed by atoms with Crippen LogP contribution in [0.25, 0.3) is 0 Å². The Balaban J connectivity index is 2.47. The predicted molar refractivity (Wildman–Crippen MR) is 50.1 cm³/mol. The van der Waals surface area contributed by atoms with Crippen LogP contribution < -0.4 is 0 Å². The Hall–Kier alpha value is -1.04. The van der Waals surface area contributed by atoms with E-state index in [1.165, 1.54) is 0 Å². The van der Waals surface area contributed by atoms with Gasteiger partial charge in [0.15, 0.2) is 0 Å². The summed E-state index contributed by atoms with van der Waals surface area (Å²) in [4.78, 5) is 0. The van der Waals surface area contributed by atoms with Gasteiger partial charge in [-0.1, -0.05) is 48.6 Å². The summed E-state index contributed by atoms with van der Waals surface area (Å²) in [5.74, 6) is 0. The van der Waals surface area contributed by atoms with Gasteiger partial charge >= 0.3 is 0 Å². The average molecular weight is 145 g/mol. The summed E-state index contributed by atoms with van der Waals surface area (Å²) in [5.41, 5.74) is 0. The van der Waals surface area contributed by atoms with Crippen molar-refractivity contribution < 1.29 is 0 Å². The standard InChI is InChI=1S/C11H13/c1-2-4-6-8-10-11-9-7-5-3-1/h1-8,11H,9-10H2/b3-1-,4-2-,7-5+,8-6+. The first-order valence-corrected chi connectivity index (χ1v) is 3.97. The molecule has 0 amide bonds. The zero-order valence-electron chi connectivity index (χ0n) is 6.61. The van der Waals surface area contributed by atoms with Crippen LogP contribution in [-0.2, 0) is 0 Å². The van der Waals surface area contributed by atoms with Crippen molar-refractivity contribution in [3.05, 3.63) is 55.0 Å². The SMILES string of the molecule is [CH]1C/C=C/C=C\C=C/C=C/C1. The summed E-state index contributed by atoms with van der Waals surface area (Å²) in [6.45, 7) is 0. The van der Waals surface area contributed by atoms with Gasteiger partial charge in [-0.3, -0.25) is 0 Å². The molecule has 0 bridgehead atoms. The fourth-order valence-corrected chi connectivity index (χ4v) is 0.860. The Bertz CT molecular complexity index is 170. The first-order chi connectivity index (χ1) is 5.50. The van der Waals surface area contributed by atoms with Crippen molar-refractivity contribution in [3.63, 3.8) is 0 Å². The Morgan fingerprint density at radius 3 is 1.55 bits per heavy atom.